The van der Waals surface area contributed by atoms with Crippen LogP contribution in [0.2, 0.25) is 0 Å². The van der Waals surface area contributed by atoms with Crippen molar-refractivity contribution in [2.24, 2.45) is 0 Å². The van der Waals surface area contributed by atoms with Crippen molar-refractivity contribution in [1.29, 1.82) is 0 Å². The number of rotatable bonds is 5. The van der Waals surface area contributed by atoms with E-state index in [1.165, 1.54) is 0 Å². The van der Waals surface area contributed by atoms with Crippen LogP contribution in [0.4, 0.5) is 0 Å². The number of aryl methyl sites for hydroxylation is 1. The zero-order valence-corrected chi connectivity index (χ0v) is 25.0. The number of aromatic nitrogens is 5. The maximum Gasteiger partial charge on any atom is 0.289 e. The average Bonchev–Trinajstić information content (AvgIpc) is 3.80. The quantitative estimate of drug-likeness (QED) is 0.373. The van der Waals surface area contributed by atoms with Gasteiger partial charge in [-0.15, -0.1) is 0 Å². The molecule has 1 aromatic carbocycles. The molecule has 1 N–H and O–H groups in total. The zero-order valence-electron chi connectivity index (χ0n) is 25.0. The van der Waals surface area contributed by atoms with Crippen molar-refractivity contribution in [3.8, 4) is 0 Å². The molecule has 6 rings (SSSR count). The molecular weight excluding hydrogens is 560 g/mol. The van der Waals surface area contributed by atoms with Gasteiger partial charge in [-0.3, -0.25) is 19.1 Å². The number of furan rings is 1. The second-order valence-electron chi connectivity index (χ2n) is 11.5. The Hall–Kier alpha value is -4.74. The lowest BCUT2D eigenvalue weighted by molar-refractivity contribution is -0.142. The fourth-order valence-corrected chi connectivity index (χ4v) is 6.10. The maximum atomic E-state index is 13.8. The molecule has 2 aliphatic heterocycles. The van der Waals surface area contributed by atoms with Crippen molar-refractivity contribution >= 4 is 17.7 Å². The van der Waals surface area contributed by atoms with E-state index in [9.17, 15) is 14.4 Å². The van der Waals surface area contributed by atoms with Crippen molar-refractivity contribution in [2.75, 3.05) is 19.6 Å². The van der Waals surface area contributed by atoms with E-state index in [-0.39, 0.29) is 29.9 Å². The molecule has 44 heavy (non-hydrogen) atoms. The number of nitrogens with one attached hydrogen (secondary N) is 1. The summed E-state index contributed by atoms with van der Waals surface area (Å²) in [4.78, 5) is 49.1. The molecule has 1 fully saturated rings. The smallest absolute Gasteiger partial charge is 0.289 e. The summed E-state index contributed by atoms with van der Waals surface area (Å²) in [5.41, 5.74) is 1.04. The van der Waals surface area contributed by atoms with Crippen molar-refractivity contribution in [2.45, 2.75) is 70.6 Å². The molecule has 5 heterocycles. The topological polar surface area (TPSA) is 131 Å². The van der Waals surface area contributed by atoms with E-state index in [0.29, 0.717) is 69.4 Å². The van der Waals surface area contributed by atoms with Crippen LogP contribution in [0, 0.1) is 6.92 Å². The molecule has 1 saturated heterocycles. The molecule has 3 amide bonds. The number of hydrogen-bond donors (Lipinski definition) is 1. The zero-order chi connectivity index (χ0) is 30.5. The summed E-state index contributed by atoms with van der Waals surface area (Å²) in [6.45, 7) is 3.85. The van der Waals surface area contributed by atoms with Crippen LogP contribution in [0.3, 0.4) is 0 Å². The van der Waals surface area contributed by atoms with Crippen LogP contribution in [0.25, 0.3) is 0 Å². The van der Waals surface area contributed by atoms with Crippen LogP contribution in [-0.2, 0) is 29.1 Å². The Kier molecular flexibility index (Phi) is 8.85. The Morgan fingerprint density at radius 1 is 1.00 bits per heavy atom. The second-order valence-corrected chi connectivity index (χ2v) is 11.5. The van der Waals surface area contributed by atoms with Gasteiger partial charge in [0.2, 0.25) is 11.8 Å². The first-order valence-corrected chi connectivity index (χ1v) is 15.3. The van der Waals surface area contributed by atoms with Gasteiger partial charge in [-0.05, 0) is 62.8 Å². The standard InChI is InChI=1S/C32H38N8O4/c1-23-34-30-26(21-24-9-3-2-4-10-24)35-31(42)27-11-5-6-18-39(27)29(41)12-7-16-37(19-20-40(30)36-23)32(43)28-14-13-25(44-28)22-38-17-8-15-33-38/h2-4,8-10,13-15,17,26-27H,5-7,11-12,16,18-22H2,1H3,(H,35,42)/t26-,27+/m1/s1. The minimum atomic E-state index is -0.538. The normalized spacial score (nSPS) is 20.0. The summed E-state index contributed by atoms with van der Waals surface area (Å²) in [7, 11) is 0. The van der Waals surface area contributed by atoms with Crippen LogP contribution < -0.4 is 5.32 Å². The summed E-state index contributed by atoms with van der Waals surface area (Å²) in [6.07, 6.45) is 7.12. The average molecular weight is 599 g/mol. The molecule has 2 aliphatic rings. The van der Waals surface area contributed by atoms with E-state index in [1.54, 1.807) is 37.5 Å². The highest BCUT2D eigenvalue weighted by Crippen LogP contribution is 2.23. The van der Waals surface area contributed by atoms with Gasteiger partial charge in [-0.25, -0.2) is 9.67 Å². The first-order valence-electron chi connectivity index (χ1n) is 15.3. The lowest BCUT2D eigenvalue weighted by Crippen LogP contribution is -2.53. The summed E-state index contributed by atoms with van der Waals surface area (Å²) >= 11 is 0. The molecule has 0 bridgehead atoms. The van der Waals surface area contributed by atoms with Crippen LogP contribution in [0.15, 0.2) is 65.3 Å². The second kappa shape index (κ2) is 13.3. The number of benzene rings is 1. The molecule has 0 unspecified atom stereocenters. The van der Waals surface area contributed by atoms with Crippen molar-refractivity contribution < 1.29 is 18.8 Å². The highest BCUT2D eigenvalue weighted by atomic mass is 16.4. The van der Waals surface area contributed by atoms with Crippen molar-refractivity contribution in [3.63, 3.8) is 0 Å². The van der Waals surface area contributed by atoms with E-state index in [2.05, 4.69) is 15.5 Å². The van der Waals surface area contributed by atoms with Crippen molar-refractivity contribution in [1.82, 2.24) is 39.7 Å². The maximum absolute atomic E-state index is 13.8. The summed E-state index contributed by atoms with van der Waals surface area (Å²) in [6, 6.07) is 14.2. The molecule has 230 valence electrons. The number of carbonyl (C=O) groups excluding carboxylic acids is 3. The van der Waals surface area contributed by atoms with Gasteiger partial charge in [0.15, 0.2) is 5.76 Å². The molecule has 0 spiro atoms. The van der Waals surface area contributed by atoms with Crippen LogP contribution in [0.5, 0.6) is 0 Å². The summed E-state index contributed by atoms with van der Waals surface area (Å²) in [5.74, 6) is 1.59. The Morgan fingerprint density at radius 3 is 2.68 bits per heavy atom. The Balaban J connectivity index is 1.29. The third kappa shape index (κ3) is 6.74. The fourth-order valence-electron chi connectivity index (χ4n) is 6.10. The number of nitrogens with zero attached hydrogens (tertiary/aromatic N) is 7. The molecule has 4 aromatic rings. The number of piperidine rings is 1. The van der Waals surface area contributed by atoms with Gasteiger partial charge >= 0.3 is 0 Å². The van der Waals surface area contributed by atoms with Gasteiger partial charge in [0.1, 0.15) is 23.5 Å². The fraction of sp³-hybridized carbons (Fsp3) is 0.438. The largest absolute Gasteiger partial charge is 0.454 e. The highest BCUT2D eigenvalue weighted by molar-refractivity contribution is 5.91. The van der Waals surface area contributed by atoms with Gasteiger partial charge in [-0.2, -0.15) is 10.2 Å². The molecule has 3 aromatic heterocycles. The van der Waals surface area contributed by atoms with Gasteiger partial charge in [0.05, 0.1) is 19.1 Å². The predicted octanol–water partition coefficient (Wildman–Crippen LogP) is 3.14. The Bertz CT molecular complexity index is 1580. The van der Waals surface area contributed by atoms with E-state index in [0.717, 1.165) is 18.4 Å². The van der Waals surface area contributed by atoms with Gasteiger partial charge in [-0.1, -0.05) is 30.3 Å². The van der Waals surface area contributed by atoms with E-state index in [1.807, 2.05) is 49.5 Å². The lowest BCUT2D eigenvalue weighted by atomic mass is 9.99. The first kappa shape index (κ1) is 29.3. The number of hydrogen-bond acceptors (Lipinski definition) is 7. The van der Waals surface area contributed by atoms with E-state index < -0.39 is 12.1 Å². The van der Waals surface area contributed by atoms with Crippen LogP contribution >= 0.6 is 0 Å². The molecule has 0 saturated carbocycles. The highest BCUT2D eigenvalue weighted by Gasteiger charge is 2.34. The van der Waals surface area contributed by atoms with Crippen molar-refractivity contribution in [3.05, 3.63) is 89.7 Å². The molecule has 12 nitrogen and oxygen atoms in total. The number of carbonyl (C=O) groups is 3. The third-order valence-electron chi connectivity index (χ3n) is 8.28. The first-order chi connectivity index (χ1) is 21.4. The third-order valence-corrected chi connectivity index (χ3v) is 8.28. The molecule has 2 atom stereocenters. The monoisotopic (exact) mass is 598 g/mol. The molecule has 0 radical (unpaired) electrons. The minimum absolute atomic E-state index is 0.0626. The molecule has 12 heteroatoms. The summed E-state index contributed by atoms with van der Waals surface area (Å²) in [5, 5.41) is 12.1. The van der Waals surface area contributed by atoms with Gasteiger partial charge in [0, 0.05) is 38.4 Å². The van der Waals surface area contributed by atoms with Gasteiger partial charge < -0.3 is 19.5 Å². The predicted molar refractivity (Wildman–Crippen MR) is 160 cm³/mol. The SMILES string of the molecule is Cc1nc2n(n1)CCN(C(=O)c1ccc(Cn3cccn3)o1)CCCC(=O)N1CCCC[C@H]1C(=O)N[C@@H]2Cc1ccccc1. The van der Waals surface area contributed by atoms with E-state index in [4.69, 9.17) is 9.40 Å². The Morgan fingerprint density at radius 2 is 1.86 bits per heavy atom. The lowest BCUT2D eigenvalue weighted by Gasteiger charge is -2.36. The number of amides is 3. The van der Waals surface area contributed by atoms with Crippen LogP contribution in [-0.4, -0.2) is 77.7 Å². The molecular formula is C32H38N8O4. The van der Waals surface area contributed by atoms with Gasteiger partial charge in [0.25, 0.3) is 5.91 Å². The summed E-state index contributed by atoms with van der Waals surface area (Å²) < 4.78 is 9.46. The Labute approximate surface area is 256 Å². The molecule has 0 aliphatic carbocycles. The van der Waals surface area contributed by atoms with E-state index >= 15 is 0 Å². The van der Waals surface area contributed by atoms with Crippen LogP contribution in [0.1, 0.15) is 71.7 Å². The number of fused-ring (bicyclic) bond motifs is 2. The minimum Gasteiger partial charge on any atom is -0.454 e.